The van der Waals surface area contributed by atoms with Gasteiger partial charge in [0.25, 0.3) is 0 Å². The van der Waals surface area contributed by atoms with Gasteiger partial charge < -0.3 is 15.3 Å². The molecule has 0 radical (unpaired) electrons. The van der Waals surface area contributed by atoms with E-state index in [0.717, 1.165) is 31.3 Å². The van der Waals surface area contributed by atoms with Gasteiger partial charge in [-0.05, 0) is 38.8 Å². The van der Waals surface area contributed by atoms with Crippen molar-refractivity contribution in [2.24, 2.45) is 5.92 Å². The molecule has 1 unspecified atom stereocenters. The molecule has 2 N–H and O–H groups in total. The largest absolute Gasteiger partial charge is 0.393 e. The standard InChI is InChI=1S/C10H20N2O/c1-12(9-2-3-11-6-9)7-8-4-10(13)5-8/h8-11,13H,2-7H2,1H3. The van der Waals surface area contributed by atoms with Crippen LogP contribution < -0.4 is 5.32 Å². The first-order chi connectivity index (χ1) is 6.25. The molecule has 3 nitrogen and oxygen atoms in total. The third kappa shape index (κ3) is 2.22. The lowest BCUT2D eigenvalue weighted by Crippen LogP contribution is -2.42. The Morgan fingerprint density at radius 1 is 1.46 bits per heavy atom. The van der Waals surface area contributed by atoms with Crippen LogP contribution in [-0.4, -0.2) is 48.8 Å². The third-order valence-corrected chi connectivity index (χ3v) is 3.41. The average Bonchev–Trinajstić information content (AvgIpc) is 2.53. The molecule has 3 heteroatoms. The molecule has 1 atom stereocenters. The fourth-order valence-corrected chi connectivity index (χ4v) is 2.42. The molecule has 1 saturated heterocycles. The number of hydrogen-bond donors (Lipinski definition) is 2. The highest BCUT2D eigenvalue weighted by Gasteiger charge is 2.30. The van der Waals surface area contributed by atoms with Crippen molar-refractivity contribution in [3.8, 4) is 0 Å². The minimum atomic E-state index is 0.0000954. The molecular weight excluding hydrogens is 164 g/mol. The van der Waals surface area contributed by atoms with E-state index in [1.165, 1.54) is 19.5 Å². The number of nitrogens with one attached hydrogen (secondary N) is 1. The zero-order valence-corrected chi connectivity index (χ0v) is 8.37. The van der Waals surface area contributed by atoms with Crippen molar-refractivity contribution in [1.82, 2.24) is 10.2 Å². The molecule has 2 rings (SSSR count). The van der Waals surface area contributed by atoms with Gasteiger partial charge in [-0.25, -0.2) is 0 Å². The van der Waals surface area contributed by atoms with Crippen molar-refractivity contribution in [1.29, 1.82) is 0 Å². The molecule has 0 bridgehead atoms. The van der Waals surface area contributed by atoms with E-state index in [1.54, 1.807) is 0 Å². The number of hydrogen-bond acceptors (Lipinski definition) is 3. The number of rotatable bonds is 3. The van der Waals surface area contributed by atoms with Crippen LogP contribution in [0.3, 0.4) is 0 Å². The number of aliphatic hydroxyl groups is 1. The lowest BCUT2D eigenvalue weighted by molar-refractivity contribution is 0.0233. The van der Waals surface area contributed by atoms with Gasteiger partial charge >= 0.3 is 0 Å². The Kier molecular flexibility index (Phi) is 2.86. The average molecular weight is 184 g/mol. The van der Waals surface area contributed by atoms with Crippen molar-refractivity contribution in [2.75, 3.05) is 26.7 Å². The summed E-state index contributed by atoms with van der Waals surface area (Å²) in [5.41, 5.74) is 0. The smallest absolute Gasteiger partial charge is 0.0546 e. The molecule has 0 aromatic carbocycles. The Morgan fingerprint density at radius 3 is 2.77 bits per heavy atom. The highest BCUT2D eigenvalue weighted by atomic mass is 16.3. The molecule has 1 heterocycles. The summed E-state index contributed by atoms with van der Waals surface area (Å²) >= 11 is 0. The van der Waals surface area contributed by atoms with Crippen LogP contribution in [0, 0.1) is 5.92 Å². The summed E-state index contributed by atoms with van der Waals surface area (Å²) in [6.45, 7) is 3.48. The summed E-state index contributed by atoms with van der Waals surface area (Å²) in [5, 5.41) is 12.5. The Bertz CT molecular complexity index is 162. The van der Waals surface area contributed by atoms with Crippen LogP contribution in [-0.2, 0) is 0 Å². The van der Waals surface area contributed by atoms with E-state index in [9.17, 15) is 0 Å². The molecule has 13 heavy (non-hydrogen) atoms. The van der Waals surface area contributed by atoms with Crippen LogP contribution in [0.1, 0.15) is 19.3 Å². The first-order valence-electron chi connectivity index (χ1n) is 5.34. The van der Waals surface area contributed by atoms with Gasteiger partial charge in [-0.1, -0.05) is 0 Å². The zero-order chi connectivity index (χ0) is 9.26. The van der Waals surface area contributed by atoms with E-state index in [-0.39, 0.29) is 6.10 Å². The van der Waals surface area contributed by atoms with Crippen LogP contribution >= 0.6 is 0 Å². The molecule has 2 aliphatic rings. The second kappa shape index (κ2) is 3.95. The maximum Gasteiger partial charge on any atom is 0.0546 e. The number of likely N-dealkylation sites (N-methyl/N-ethyl adjacent to an activating group) is 1. The van der Waals surface area contributed by atoms with Gasteiger partial charge in [0.15, 0.2) is 0 Å². The molecule has 2 fully saturated rings. The van der Waals surface area contributed by atoms with E-state index >= 15 is 0 Å². The monoisotopic (exact) mass is 184 g/mol. The predicted molar refractivity (Wildman–Crippen MR) is 52.6 cm³/mol. The van der Waals surface area contributed by atoms with E-state index in [0.29, 0.717) is 0 Å². The lowest BCUT2D eigenvalue weighted by Gasteiger charge is -2.36. The van der Waals surface area contributed by atoms with E-state index in [1.807, 2.05) is 0 Å². The van der Waals surface area contributed by atoms with E-state index < -0.39 is 0 Å². The van der Waals surface area contributed by atoms with Crippen molar-refractivity contribution >= 4 is 0 Å². The maximum atomic E-state index is 9.17. The molecular formula is C10H20N2O. The summed E-state index contributed by atoms with van der Waals surface area (Å²) in [6, 6.07) is 0.734. The van der Waals surface area contributed by atoms with Crippen LogP contribution in [0.5, 0.6) is 0 Å². The zero-order valence-electron chi connectivity index (χ0n) is 8.37. The van der Waals surface area contributed by atoms with Crippen LogP contribution in [0.25, 0.3) is 0 Å². The maximum absolute atomic E-state index is 9.17. The van der Waals surface area contributed by atoms with Crippen molar-refractivity contribution in [3.05, 3.63) is 0 Å². The highest BCUT2D eigenvalue weighted by Crippen LogP contribution is 2.28. The molecule has 1 aliphatic heterocycles. The van der Waals surface area contributed by atoms with Crippen LogP contribution in [0.15, 0.2) is 0 Å². The van der Waals surface area contributed by atoms with Gasteiger partial charge in [-0.2, -0.15) is 0 Å². The molecule has 1 saturated carbocycles. The van der Waals surface area contributed by atoms with Crippen molar-refractivity contribution in [3.63, 3.8) is 0 Å². The van der Waals surface area contributed by atoms with Crippen molar-refractivity contribution < 1.29 is 5.11 Å². The molecule has 0 amide bonds. The minimum Gasteiger partial charge on any atom is -0.393 e. The van der Waals surface area contributed by atoms with Crippen LogP contribution in [0.4, 0.5) is 0 Å². The van der Waals surface area contributed by atoms with Gasteiger partial charge in [0.05, 0.1) is 6.10 Å². The van der Waals surface area contributed by atoms with Gasteiger partial charge in [-0.15, -0.1) is 0 Å². The highest BCUT2D eigenvalue weighted by molar-refractivity contribution is 4.85. The fourth-order valence-electron chi connectivity index (χ4n) is 2.42. The molecule has 0 spiro atoms. The summed E-state index contributed by atoms with van der Waals surface area (Å²) in [6.07, 6.45) is 3.32. The second-order valence-electron chi connectivity index (χ2n) is 4.58. The van der Waals surface area contributed by atoms with Gasteiger partial charge in [0.2, 0.25) is 0 Å². The van der Waals surface area contributed by atoms with Crippen LogP contribution in [0.2, 0.25) is 0 Å². The molecule has 1 aliphatic carbocycles. The summed E-state index contributed by atoms with van der Waals surface area (Å²) in [7, 11) is 2.21. The second-order valence-corrected chi connectivity index (χ2v) is 4.58. The summed E-state index contributed by atoms with van der Waals surface area (Å²) in [4.78, 5) is 2.45. The first kappa shape index (κ1) is 9.44. The van der Waals surface area contributed by atoms with E-state index in [2.05, 4.69) is 17.3 Å². The Morgan fingerprint density at radius 2 is 2.23 bits per heavy atom. The summed E-state index contributed by atoms with van der Waals surface area (Å²) in [5.74, 6) is 0.751. The minimum absolute atomic E-state index is 0.0000954. The molecule has 0 aromatic rings. The Labute approximate surface area is 80.1 Å². The lowest BCUT2D eigenvalue weighted by atomic mass is 9.82. The van der Waals surface area contributed by atoms with Gasteiger partial charge in [0.1, 0.15) is 0 Å². The molecule has 76 valence electrons. The number of nitrogens with zero attached hydrogens (tertiary/aromatic N) is 1. The quantitative estimate of drug-likeness (QED) is 0.650. The van der Waals surface area contributed by atoms with Gasteiger partial charge in [0, 0.05) is 19.1 Å². The van der Waals surface area contributed by atoms with Crippen molar-refractivity contribution in [2.45, 2.75) is 31.4 Å². The summed E-state index contributed by atoms with van der Waals surface area (Å²) < 4.78 is 0. The Balaban J connectivity index is 1.68. The number of aliphatic hydroxyl groups excluding tert-OH is 1. The molecule has 0 aromatic heterocycles. The Hall–Kier alpha value is -0.120. The van der Waals surface area contributed by atoms with E-state index in [4.69, 9.17) is 5.11 Å². The van der Waals surface area contributed by atoms with Gasteiger partial charge in [-0.3, -0.25) is 0 Å². The normalized spacial score (nSPS) is 39.5. The first-order valence-corrected chi connectivity index (χ1v) is 5.34. The predicted octanol–water partition coefficient (Wildman–Crippen LogP) is 0.0510. The topological polar surface area (TPSA) is 35.5 Å². The third-order valence-electron chi connectivity index (χ3n) is 3.41. The SMILES string of the molecule is CN(CC1CC(O)C1)C1CCNC1. The fraction of sp³-hybridized carbons (Fsp3) is 1.00.